The van der Waals surface area contributed by atoms with Gasteiger partial charge in [-0.1, -0.05) is 6.08 Å². The van der Waals surface area contributed by atoms with E-state index < -0.39 is 11.7 Å². The molecule has 1 aliphatic rings. The Bertz CT molecular complexity index is 530. The quantitative estimate of drug-likeness (QED) is 0.776. The van der Waals surface area contributed by atoms with Gasteiger partial charge in [0, 0.05) is 29.6 Å². The van der Waals surface area contributed by atoms with Crippen LogP contribution >= 0.6 is 15.9 Å². The summed E-state index contributed by atoms with van der Waals surface area (Å²) in [5.74, 6) is -0.273. The van der Waals surface area contributed by atoms with Gasteiger partial charge >= 0.3 is 6.18 Å². The van der Waals surface area contributed by atoms with Gasteiger partial charge in [-0.3, -0.25) is 9.69 Å². The second kappa shape index (κ2) is 4.96. The highest BCUT2D eigenvalue weighted by molar-refractivity contribution is 9.10. The van der Waals surface area contributed by atoms with Crippen LogP contribution in [-0.2, 0) is 11.0 Å². The van der Waals surface area contributed by atoms with Crippen LogP contribution in [0.3, 0.4) is 0 Å². The SMILES string of the molecule is C=CC1CC(=O)N(c2cc(C(F)(F)F)c(Br)cn2)C1. The highest BCUT2D eigenvalue weighted by atomic mass is 79.9. The molecule has 0 N–H and O–H groups in total. The zero-order valence-corrected chi connectivity index (χ0v) is 11.3. The Hall–Kier alpha value is -1.37. The summed E-state index contributed by atoms with van der Waals surface area (Å²) in [6.07, 6.45) is -1.55. The fraction of sp³-hybridized carbons (Fsp3) is 0.333. The molecule has 0 aromatic carbocycles. The van der Waals surface area contributed by atoms with E-state index in [1.807, 2.05) is 0 Å². The number of halogens is 4. The highest BCUT2D eigenvalue weighted by Gasteiger charge is 2.36. The molecule has 1 aliphatic heterocycles. The fourth-order valence-electron chi connectivity index (χ4n) is 1.91. The van der Waals surface area contributed by atoms with Gasteiger partial charge in [-0.05, 0) is 22.0 Å². The Labute approximate surface area is 116 Å². The number of aromatic nitrogens is 1. The van der Waals surface area contributed by atoms with Crippen molar-refractivity contribution in [2.75, 3.05) is 11.4 Å². The lowest BCUT2D eigenvalue weighted by molar-refractivity contribution is -0.138. The predicted octanol–water partition coefficient (Wildman–Crippen LogP) is 3.40. The molecule has 1 aromatic heterocycles. The molecule has 3 nitrogen and oxygen atoms in total. The second-order valence-corrected chi connectivity index (χ2v) is 5.08. The van der Waals surface area contributed by atoms with Gasteiger partial charge in [0.1, 0.15) is 5.82 Å². The van der Waals surface area contributed by atoms with Crippen LogP contribution in [0.4, 0.5) is 19.0 Å². The Morgan fingerprint density at radius 3 is 2.74 bits per heavy atom. The van der Waals surface area contributed by atoms with Crippen LogP contribution in [0, 0.1) is 5.92 Å². The molecule has 1 atom stereocenters. The van der Waals surface area contributed by atoms with Crippen LogP contribution in [0.15, 0.2) is 29.4 Å². The third-order valence-electron chi connectivity index (χ3n) is 2.91. The first-order valence-electron chi connectivity index (χ1n) is 5.48. The molecule has 1 saturated heterocycles. The van der Waals surface area contributed by atoms with Crippen molar-refractivity contribution in [3.05, 3.63) is 35.0 Å². The van der Waals surface area contributed by atoms with Crippen molar-refractivity contribution >= 4 is 27.7 Å². The van der Waals surface area contributed by atoms with E-state index in [0.717, 1.165) is 12.3 Å². The second-order valence-electron chi connectivity index (χ2n) is 4.22. The number of carbonyl (C=O) groups excluding carboxylic acids is 1. The summed E-state index contributed by atoms with van der Waals surface area (Å²) in [4.78, 5) is 16.9. The Balaban J connectivity index is 2.37. The number of rotatable bonds is 2. The maximum atomic E-state index is 12.8. The minimum Gasteiger partial charge on any atom is -0.296 e. The van der Waals surface area contributed by atoms with Gasteiger partial charge in [0.2, 0.25) is 5.91 Å². The summed E-state index contributed by atoms with van der Waals surface area (Å²) in [6, 6.07) is 0.882. The Kier molecular flexibility index (Phi) is 3.66. The number of hydrogen-bond donors (Lipinski definition) is 0. The average molecular weight is 335 g/mol. The summed E-state index contributed by atoms with van der Waals surface area (Å²) >= 11 is 2.81. The van der Waals surface area contributed by atoms with Crippen molar-refractivity contribution in [2.45, 2.75) is 12.6 Å². The lowest BCUT2D eigenvalue weighted by atomic mass is 10.1. The maximum absolute atomic E-state index is 12.8. The van der Waals surface area contributed by atoms with Gasteiger partial charge in [0.25, 0.3) is 0 Å². The Morgan fingerprint density at radius 1 is 1.53 bits per heavy atom. The van der Waals surface area contributed by atoms with Crippen LogP contribution in [0.2, 0.25) is 0 Å². The van der Waals surface area contributed by atoms with E-state index >= 15 is 0 Å². The van der Waals surface area contributed by atoms with Gasteiger partial charge in [-0.25, -0.2) is 4.98 Å². The zero-order valence-electron chi connectivity index (χ0n) is 9.75. The molecule has 102 valence electrons. The number of amides is 1. The largest absolute Gasteiger partial charge is 0.417 e. The van der Waals surface area contributed by atoms with E-state index in [4.69, 9.17) is 0 Å². The van der Waals surface area contributed by atoms with Crippen molar-refractivity contribution in [3.8, 4) is 0 Å². The molecule has 0 spiro atoms. The molecule has 2 rings (SSSR count). The van der Waals surface area contributed by atoms with Gasteiger partial charge in [0.05, 0.1) is 5.56 Å². The number of alkyl halides is 3. The summed E-state index contributed by atoms with van der Waals surface area (Å²) < 4.78 is 38.2. The minimum atomic E-state index is -4.49. The first-order chi connectivity index (χ1) is 8.82. The molecule has 1 aromatic rings. The molecule has 1 amide bonds. The van der Waals surface area contributed by atoms with Crippen LogP contribution in [-0.4, -0.2) is 17.4 Å². The van der Waals surface area contributed by atoms with Crippen molar-refractivity contribution in [3.63, 3.8) is 0 Å². The smallest absolute Gasteiger partial charge is 0.296 e. The normalized spacial score (nSPS) is 19.9. The predicted molar refractivity (Wildman–Crippen MR) is 67.6 cm³/mol. The lowest BCUT2D eigenvalue weighted by Gasteiger charge is -2.17. The van der Waals surface area contributed by atoms with Crippen LogP contribution in [0.25, 0.3) is 0 Å². The van der Waals surface area contributed by atoms with Crippen LogP contribution in [0.5, 0.6) is 0 Å². The third kappa shape index (κ3) is 2.80. The van der Waals surface area contributed by atoms with Crippen LogP contribution in [0.1, 0.15) is 12.0 Å². The molecular formula is C12H10BrF3N2O. The molecule has 0 saturated carbocycles. The standard InChI is InChI=1S/C12H10BrF3N2O/c1-2-7-3-11(19)18(6-7)10-4-8(12(14,15)16)9(13)5-17-10/h2,4-5,7H,1,3,6H2. The minimum absolute atomic E-state index is 0.0184. The molecule has 1 unspecified atom stereocenters. The van der Waals surface area contributed by atoms with Gasteiger partial charge in [-0.15, -0.1) is 6.58 Å². The van der Waals surface area contributed by atoms with E-state index in [9.17, 15) is 18.0 Å². The number of carbonyl (C=O) groups is 1. The number of hydrogen-bond acceptors (Lipinski definition) is 2. The first-order valence-corrected chi connectivity index (χ1v) is 6.28. The molecule has 7 heteroatoms. The summed E-state index contributed by atoms with van der Waals surface area (Å²) in [7, 11) is 0. The first kappa shape index (κ1) is 14.0. The number of nitrogens with zero attached hydrogens (tertiary/aromatic N) is 2. The van der Waals surface area contributed by atoms with E-state index in [0.29, 0.717) is 6.54 Å². The molecule has 1 fully saturated rings. The molecule has 19 heavy (non-hydrogen) atoms. The fourth-order valence-corrected chi connectivity index (χ4v) is 2.35. The molecule has 0 radical (unpaired) electrons. The maximum Gasteiger partial charge on any atom is 0.417 e. The van der Waals surface area contributed by atoms with Gasteiger partial charge in [-0.2, -0.15) is 13.2 Å². The summed E-state index contributed by atoms with van der Waals surface area (Å²) in [5.41, 5.74) is -0.840. The van der Waals surface area contributed by atoms with E-state index in [1.54, 1.807) is 6.08 Å². The van der Waals surface area contributed by atoms with Crippen LogP contribution < -0.4 is 4.90 Å². The van der Waals surface area contributed by atoms with Crippen molar-refractivity contribution in [2.24, 2.45) is 5.92 Å². The average Bonchev–Trinajstić information content (AvgIpc) is 2.70. The summed E-state index contributed by atoms with van der Waals surface area (Å²) in [6.45, 7) is 3.90. The topological polar surface area (TPSA) is 33.2 Å². The molecule has 2 heterocycles. The number of pyridine rings is 1. The van der Waals surface area contributed by atoms with E-state index in [-0.39, 0.29) is 28.5 Å². The number of anilines is 1. The third-order valence-corrected chi connectivity index (χ3v) is 3.54. The lowest BCUT2D eigenvalue weighted by Crippen LogP contribution is -2.26. The Morgan fingerprint density at radius 2 is 2.21 bits per heavy atom. The van der Waals surface area contributed by atoms with Gasteiger partial charge < -0.3 is 0 Å². The summed E-state index contributed by atoms with van der Waals surface area (Å²) in [5, 5.41) is 0. The zero-order chi connectivity index (χ0) is 14.2. The van der Waals surface area contributed by atoms with Crippen molar-refractivity contribution < 1.29 is 18.0 Å². The molecule has 0 aliphatic carbocycles. The monoisotopic (exact) mass is 334 g/mol. The van der Waals surface area contributed by atoms with Crippen molar-refractivity contribution in [1.82, 2.24) is 4.98 Å². The highest BCUT2D eigenvalue weighted by Crippen LogP contribution is 2.37. The van der Waals surface area contributed by atoms with E-state index in [2.05, 4.69) is 27.5 Å². The molecular weight excluding hydrogens is 325 g/mol. The van der Waals surface area contributed by atoms with Gasteiger partial charge in [0.15, 0.2) is 0 Å². The molecule has 0 bridgehead atoms. The van der Waals surface area contributed by atoms with E-state index in [1.165, 1.54) is 4.90 Å². The van der Waals surface area contributed by atoms with Crippen molar-refractivity contribution in [1.29, 1.82) is 0 Å².